The highest BCUT2D eigenvalue weighted by molar-refractivity contribution is 14.0. The van der Waals surface area contributed by atoms with Gasteiger partial charge in [-0.05, 0) is 37.3 Å². The molecule has 2 N–H and O–H groups in total. The van der Waals surface area contributed by atoms with Crippen LogP contribution in [0.1, 0.15) is 25.0 Å². The molecule has 28 heavy (non-hydrogen) atoms. The molecule has 0 radical (unpaired) electrons. The summed E-state index contributed by atoms with van der Waals surface area (Å²) >= 11 is 0. The van der Waals surface area contributed by atoms with Gasteiger partial charge >= 0.3 is 0 Å². The second-order valence-electron chi connectivity index (χ2n) is 6.86. The monoisotopic (exact) mass is 501 g/mol. The number of hydrogen-bond donors (Lipinski definition) is 2. The molecule has 2 aromatic heterocycles. The number of pyridine rings is 1. The standard InChI is InChI=1S/C20H31N5O2.HI/c1-21-20(22-9-4-12-27-16-17-7-13-26-14-8-17)23-10-6-18-15-25-11-3-2-5-19(25)24-18;/h2-3,5,11,15,17H,4,6-10,12-14,16H2,1H3,(H2,21,22,23);1H. The number of rotatable bonds is 9. The molecule has 0 saturated carbocycles. The highest BCUT2D eigenvalue weighted by atomic mass is 127. The van der Waals surface area contributed by atoms with Crippen molar-refractivity contribution in [2.75, 3.05) is 46.6 Å². The Kier molecular flexibility index (Phi) is 10.6. The van der Waals surface area contributed by atoms with E-state index < -0.39 is 0 Å². The third-order valence-electron chi connectivity index (χ3n) is 4.76. The fraction of sp³-hybridized carbons (Fsp3) is 0.600. The molecular weight excluding hydrogens is 469 g/mol. The van der Waals surface area contributed by atoms with Crippen molar-refractivity contribution in [3.63, 3.8) is 0 Å². The summed E-state index contributed by atoms with van der Waals surface area (Å²) in [6.07, 6.45) is 8.17. The molecular formula is C20H32IN5O2. The molecule has 0 aromatic carbocycles. The first-order valence-corrected chi connectivity index (χ1v) is 9.88. The lowest BCUT2D eigenvalue weighted by Gasteiger charge is -2.21. The number of fused-ring (bicyclic) bond motifs is 1. The van der Waals surface area contributed by atoms with Crippen molar-refractivity contribution >= 4 is 35.6 Å². The van der Waals surface area contributed by atoms with Crippen LogP contribution < -0.4 is 10.6 Å². The van der Waals surface area contributed by atoms with Gasteiger partial charge in [-0.15, -0.1) is 24.0 Å². The largest absolute Gasteiger partial charge is 0.381 e. The highest BCUT2D eigenvalue weighted by Crippen LogP contribution is 2.14. The van der Waals surface area contributed by atoms with Gasteiger partial charge in [0.2, 0.25) is 0 Å². The number of halogens is 1. The van der Waals surface area contributed by atoms with Crippen LogP contribution in [0, 0.1) is 5.92 Å². The molecule has 0 amide bonds. The van der Waals surface area contributed by atoms with Crippen LogP contribution in [-0.4, -0.2) is 61.9 Å². The molecule has 0 aliphatic carbocycles. The molecule has 1 aliphatic rings. The molecule has 0 atom stereocenters. The van der Waals surface area contributed by atoms with Crippen molar-refractivity contribution in [2.24, 2.45) is 10.9 Å². The molecule has 1 fully saturated rings. The maximum absolute atomic E-state index is 5.79. The lowest BCUT2D eigenvalue weighted by molar-refractivity contribution is 0.0203. The fourth-order valence-corrected chi connectivity index (χ4v) is 3.18. The predicted octanol–water partition coefficient (Wildman–Crippen LogP) is 2.49. The van der Waals surface area contributed by atoms with E-state index in [1.807, 2.05) is 28.8 Å². The van der Waals surface area contributed by atoms with Crippen LogP contribution >= 0.6 is 24.0 Å². The first-order valence-electron chi connectivity index (χ1n) is 9.88. The first-order chi connectivity index (χ1) is 13.3. The van der Waals surface area contributed by atoms with Gasteiger partial charge in [-0.3, -0.25) is 4.99 Å². The fourth-order valence-electron chi connectivity index (χ4n) is 3.18. The summed E-state index contributed by atoms with van der Waals surface area (Å²) < 4.78 is 13.2. The molecule has 0 bridgehead atoms. The summed E-state index contributed by atoms with van der Waals surface area (Å²) in [5.41, 5.74) is 2.06. The molecule has 3 heterocycles. The number of guanidine groups is 1. The Labute approximate surface area is 184 Å². The Morgan fingerprint density at radius 2 is 2.11 bits per heavy atom. The van der Waals surface area contributed by atoms with Gasteiger partial charge in [0.05, 0.1) is 5.69 Å². The van der Waals surface area contributed by atoms with Crippen LogP contribution in [-0.2, 0) is 15.9 Å². The van der Waals surface area contributed by atoms with Gasteiger partial charge in [-0.25, -0.2) is 4.98 Å². The topological polar surface area (TPSA) is 72.2 Å². The van der Waals surface area contributed by atoms with Crippen LogP contribution in [0.4, 0.5) is 0 Å². The smallest absolute Gasteiger partial charge is 0.190 e. The van der Waals surface area contributed by atoms with E-state index in [4.69, 9.17) is 9.47 Å². The Bertz CT molecular complexity index is 682. The molecule has 2 aromatic rings. The number of aliphatic imine (C=N–C) groups is 1. The summed E-state index contributed by atoms with van der Waals surface area (Å²) in [5.74, 6) is 1.49. The van der Waals surface area contributed by atoms with Gasteiger partial charge < -0.3 is 24.5 Å². The zero-order valence-electron chi connectivity index (χ0n) is 16.6. The summed E-state index contributed by atoms with van der Waals surface area (Å²) in [5, 5.41) is 6.67. The molecule has 156 valence electrons. The molecule has 8 heteroatoms. The zero-order valence-corrected chi connectivity index (χ0v) is 18.9. The van der Waals surface area contributed by atoms with E-state index in [0.717, 1.165) is 82.5 Å². The Hall–Kier alpha value is -1.39. The van der Waals surface area contributed by atoms with Crippen molar-refractivity contribution in [1.29, 1.82) is 0 Å². The second kappa shape index (κ2) is 12.9. The van der Waals surface area contributed by atoms with Gasteiger partial charge in [-0.1, -0.05) is 6.07 Å². The van der Waals surface area contributed by atoms with Crippen molar-refractivity contribution in [3.05, 3.63) is 36.3 Å². The van der Waals surface area contributed by atoms with Crippen molar-refractivity contribution in [2.45, 2.75) is 25.7 Å². The average Bonchev–Trinajstić information content (AvgIpc) is 3.12. The summed E-state index contributed by atoms with van der Waals surface area (Å²) in [6, 6.07) is 6.03. The minimum absolute atomic E-state index is 0. The van der Waals surface area contributed by atoms with E-state index in [0.29, 0.717) is 5.92 Å². The number of aromatic nitrogens is 2. The van der Waals surface area contributed by atoms with E-state index in [1.165, 1.54) is 0 Å². The van der Waals surface area contributed by atoms with Crippen LogP contribution in [0.5, 0.6) is 0 Å². The number of ether oxygens (including phenoxy) is 2. The van der Waals surface area contributed by atoms with E-state index in [2.05, 4.69) is 26.8 Å². The molecule has 3 rings (SSSR count). The Morgan fingerprint density at radius 1 is 1.29 bits per heavy atom. The van der Waals surface area contributed by atoms with Crippen LogP contribution in [0.3, 0.4) is 0 Å². The number of nitrogens with one attached hydrogen (secondary N) is 2. The normalized spacial score (nSPS) is 15.4. The maximum atomic E-state index is 5.79. The molecule has 0 spiro atoms. The maximum Gasteiger partial charge on any atom is 0.190 e. The van der Waals surface area contributed by atoms with E-state index in [9.17, 15) is 0 Å². The Balaban J connectivity index is 0.00000280. The molecule has 0 unspecified atom stereocenters. The number of imidazole rings is 1. The molecule has 7 nitrogen and oxygen atoms in total. The lowest BCUT2D eigenvalue weighted by Crippen LogP contribution is -2.39. The van der Waals surface area contributed by atoms with Gasteiger partial charge in [0, 0.05) is 65.4 Å². The van der Waals surface area contributed by atoms with Crippen molar-refractivity contribution < 1.29 is 9.47 Å². The minimum Gasteiger partial charge on any atom is -0.381 e. The highest BCUT2D eigenvalue weighted by Gasteiger charge is 2.13. The van der Waals surface area contributed by atoms with Crippen LogP contribution in [0.15, 0.2) is 35.6 Å². The predicted molar refractivity (Wildman–Crippen MR) is 123 cm³/mol. The SMILES string of the molecule is CN=C(NCCCOCC1CCOCC1)NCCc1cn2ccccc2n1.I. The number of hydrogen-bond acceptors (Lipinski definition) is 4. The second-order valence-corrected chi connectivity index (χ2v) is 6.86. The van der Waals surface area contributed by atoms with Gasteiger partial charge in [0.15, 0.2) is 5.96 Å². The van der Waals surface area contributed by atoms with E-state index >= 15 is 0 Å². The third-order valence-corrected chi connectivity index (χ3v) is 4.76. The van der Waals surface area contributed by atoms with Gasteiger partial charge in [-0.2, -0.15) is 0 Å². The average molecular weight is 501 g/mol. The molecule has 1 aliphatic heterocycles. The van der Waals surface area contributed by atoms with Crippen molar-refractivity contribution in [1.82, 2.24) is 20.0 Å². The van der Waals surface area contributed by atoms with Gasteiger partial charge in [0.25, 0.3) is 0 Å². The third kappa shape index (κ3) is 7.56. The van der Waals surface area contributed by atoms with Crippen LogP contribution in [0.25, 0.3) is 5.65 Å². The van der Waals surface area contributed by atoms with Crippen LogP contribution in [0.2, 0.25) is 0 Å². The Morgan fingerprint density at radius 3 is 2.89 bits per heavy atom. The zero-order chi connectivity index (χ0) is 18.7. The number of nitrogens with zero attached hydrogens (tertiary/aromatic N) is 3. The summed E-state index contributed by atoms with van der Waals surface area (Å²) in [6.45, 7) is 5.04. The quantitative estimate of drug-likeness (QED) is 0.239. The molecule has 1 saturated heterocycles. The lowest BCUT2D eigenvalue weighted by atomic mass is 10.0. The summed E-state index contributed by atoms with van der Waals surface area (Å²) in [4.78, 5) is 8.88. The summed E-state index contributed by atoms with van der Waals surface area (Å²) in [7, 11) is 1.79. The van der Waals surface area contributed by atoms with E-state index in [1.54, 1.807) is 7.05 Å². The van der Waals surface area contributed by atoms with Crippen molar-refractivity contribution in [3.8, 4) is 0 Å². The van der Waals surface area contributed by atoms with Gasteiger partial charge in [0.1, 0.15) is 5.65 Å². The van der Waals surface area contributed by atoms with E-state index in [-0.39, 0.29) is 24.0 Å². The first kappa shape index (κ1) is 22.9. The minimum atomic E-state index is 0.